The minimum atomic E-state index is 0. The monoisotopic (exact) mass is 1490 g/mol. The van der Waals surface area contributed by atoms with E-state index in [1.807, 2.05) is 24.3 Å². The molecule has 0 fully saturated rings. The predicted molar refractivity (Wildman–Crippen MR) is 412 cm³/mol. The van der Waals surface area contributed by atoms with Crippen LogP contribution < -0.4 is 24.8 Å². The molecule has 0 nitrogen and oxygen atoms in total. The average molecular weight is 1500 g/mol. The van der Waals surface area contributed by atoms with Crippen molar-refractivity contribution in [2.45, 2.75) is 235 Å². The van der Waals surface area contributed by atoms with E-state index in [0.717, 1.165) is 25.7 Å². The number of unbranched alkanes of at least 4 members (excludes halogenated alkanes) is 4. The van der Waals surface area contributed by atoms with Crippen LogP contribution in [0.15, 0.2) is 194 Å². The Bertz CT molecular complexity index is 3390. The summed E-state index contributed by atoms with van der Waals surface area (Å²) >= 11 is 2.97. The molecule has 8 aromatic carbocycles. The minimum absolute atomic E-state index is 0. The number of hydrogen-bond acceptors (Lipinski definition) is 0. The van der Waals surface area contributed by atoms with Gasteiger partial charge < -0.3 is 24.8 Å². The molecule has 8 aromatic rings. The Morgan fingerprint density at radius 1 is 0.347 bits per heavy atom. The van der Waals surface area contributed by atoms with Gasteiger partial charge in [-0.1, -0.05) is 153 Å². The van der Waals surface area contributed by atoms with Crippen LogP contribution in [0.4, 0.5) is 0 Å². The molecule has 0 heterocycles. The van der Waals surface area contributed by atoms with Gasteiger partial charge in [0.05, 0.1) is 0 Å². The third kappa shape index (κ3) is 25.7. The van der Waals surface area contributed by atoms with E-state index in [1.165, 1.54) is 243 Å². The zero-order chi connectivity index (χ0) is 69.5. The van der Waals surface area contributed by atoms with Gasteiger partial charge in [0, 0.05) is 0 Å². The quantitative estimate of drug-likeness (QED) is 0.0846. The molecule has 98 heavy (non-hydrogen) atoms. The maximum Gasteiger partial charge on any atom is -0.109 e. The van der Waals surface area contributed by atoms with Crippen molar-refractivity contribution in [1.82, 2.24) is 0 Å². The van der Waals surface area contributed by atoms with Crippen LogP contribution in [0.1, 0.15) is 264 Å². The Balaban J connectivity index is 0.000000223. The van der Waals surface area contributed by atoms with E-state index in [2.05, 4.69) is 305 Å². The first-order valence-electron chi connectivity index (χ1n) is 36.2. The van der Waals surface area contributed by atoms with Crippen molar-refractivity contribution in [3.63, 3.8) is 0 Å². The average Bonchev–Trinajstić information content (AvgIpc) is 1.61. The second-order valence-electron chi connectivity index (χ2n) is 30.6. The van der Waals surface area contributed by atoms with Gasteiger partial charge in [0.25, 0.3) is 0 Å². The molecule has 0 unspecified atom stereocenters. The van der Waals surface area contributed by atoms with E-state index < -0.39 is 0 Å². The summed E-state index contributed by atoms with van der Waals surface area (Å²) in [4.78, 5) is 0. The Labute approximate surface area is 638 Å². The molecule has 0 amide bonds. The molecular formula is C94H112Cl2Zr2-2. The summed E-state index contributed by atoms with van der Waals surface area (Å²) in [6.45, 7) is 36.3. The number of halogens is 2. The number of allylic oxidation sites excluding steroid dienone is 8. The van der Waals surface area contributed by atoms with Crippen LogP contribution in [0, 0.1) is 24.3 Å². The summed E-state index contributed by atoms with van der Waals surface area (Å²) in [6.07, 6.45) is 37.1. The Kier molecular flexibility index (Phi) is 34.4. The molecule has 0 bridgehead atoms. The fraction of sp³-hybridized carbons (Fsp3) is 0.383. The third-order valence-corrected chi connectivity index (χ3v) is 21.3. The molecule has 0 N–H and O–H groups in total. The minimum Gasteiger partial charge on any atom is -1.00 e. The molecule has 0 atom stereocenters. The van der Waals surface area contributed by atoms with Crippen LogP contribution in [0.25, 0.3) is 22.3 Å². The van der Waals surface area contributed by atoms with E-state index >= 15 is 0 Å². The third-order valence-electron chi connectivity index (χ3n) is 18.5. The number of fused-ring (bicyclic) bond motifs is 6. The molecule has 0 aromatic heterocycles. The molecule has 4 aliphatic rings. The van der Waals surface area contributed by atoms with Crippen LogP contribution in [0.3, 0.4) is 0 Å². The van der Waals surface area contributed by atoms with E-state index in [4.69, 9.17) is 0 Å². The maximum atomic E-state index is 3.53. The molecule has 0 spiro atoms. The van der Waals surface area contributed by atoms with E-state index in [0.29, 0.717) is 0 Å². The molecule has 4 heteroatoms. The first-order chi connectivity index (χ1) is 45.8. The van der Waals surface area contributed by atoms with E-state index in [9.17, 15) is 0 Å². The SMILES string of the molecule is CC(C)(C)c1c[c-]c2c(c1)-c1cc(C(C)(C)C)ccc1C2.CC(C)(C)c1c[c-]c2c(c1)-c1cc(C(C)(C)C)ccc1C2.CCCCc1ccc([C](=[Zr+2])c2ccc(CCCC)cc2)cc1.CCCCc1ccc([C](=[Zr+2])c2ccc(CCCC)cc2)cc1.[C-]1=CC=CC1.[C-]1=CC=CC1.[Cl-].[Cl-]. The van der Waals surface area contributed by atoms with Crippen molar-refractivity contribution in [2.24, 2.45) is 0 Å². The van der Waals surface area contributed by atoms with Gasteiger partial charge in [-0.05, 0) is 34.8 Å². The fourth-order valence-corrected chi connectivity index (χ4v) is 13.5. The van der Waals surface area contributed by atoms with Crippen LogP contribution in [-0.4, -0.2) is 6.41 Å². The standard InChI is InChI=1S/2C21H25.2C21H26.2C5H5.2ClH.2Zr/c2*1-20(2,3)16-9-7-14-11-15-8-10-17(21(4,5)6)13-19(15)18(14)12-16;2*1-3-5-7-18-9-13-20(14-10-18)17-21-15-11-19(12-16-21)8-6-4-2;2*1-2-4-5-3-1;;;;/h2*7,9-10,12-13H,11H2,1-6H3;2*9-16H,3-8H2,1-2H3;2*1-3H,4H2;2*1H;;/q2*-1;;;2*-1;;;2*+2/p-2. The maximum absolute atomic E-state index is 3.53. The van der Waals surface area contributed by atoms with Crippen molar-refractivity contribution in [2.75, 3.05) is 0 Å². The molecule has 0 radical (unpaired) electrons. The van der Waals surface area contributed by atoms with Gasteiger partial charge in [-0.3, -0.25) is 12.2 Å². The summed E-state index contributed by atoms with van der Waals surface area (Å²) < 4.78 is 2.91. The Hall–Kier alpha value is -5.19. The summed E-state index contributed by atoms with van der Waals surface area (Å²) in [5, 5.41) is 0. The molecule has 0 saturated heterocycles. The van der Waals surface area contributed by atoms with Crippen molar-refractivity contribution in [3.05, 3.63) is 307 Å². The molecular weight excluding hydrogens is 1380 g/mol. The van der Waals surface area contributed by atoms with Crippen molar-refractivity contribution in [1.29, 1.82) is 0 Å². The normalized spacial score (nSPS) is 12.6. The predicted octanol–water partition coefficient (Wildman–Crippen LogP) is 18.9. The molecule has 0 saturated carbocycles. The largest absolute Gasteiger partial charge is 1.00 e. The van der Waals surface area contributed by atoms with Gasteiger partial charge in [0.1, 0.15) is 0 Å². The van der Waals surface area contributed by atoms with Crippen LogP contribution in [0.2, 0.25) is 0 Å². The smallest absolute Gasteiger partial charge is 0.109 e. The summed E-state index contributed by atoms with van der Waals surface area (Å²) in [5.41, 5.74) is 28.9. The first-order valence-corrected chi connectivity index (χ1v) is 38.6. The molecule has 0 aliphatic heterocycles. The van der Waals surface area contributed by atoms with Crippen LogP contribution in [0.5, 0.6) is 0 Å². The zero-order valence-corrected chi connectivity index (χ0v) is 69.0. The second-order valence-corrected chi connectivity index (χ2v) is 33.1. The van der Waals surface area contributed by atoms with Gasteiger partial charge in [0.15, 0.2) is 0 Å². The summed E-state index contributed by atoms with van der Waals surface area (Å²) in [7, 11) is 0. The number of aryl methyl sites for hydroxylation is 4. The van der Waals surface area contributed by atoms with Crippen LogP contribution in [-0.2, 0) is 109 Å². The van der Waals surface area contributed by atoms with Gasteiger partial charge >= 0.3 is 301 Å². The summed E-state index contributed by atoms with van der Waals surface area (Å²) in [5.74, 6) is 0. The van der Waals surface area contributed by atoms with Gasteiger partial charge in [-0.15, -0.1) is 24.0 Å². The first kappa shape index (κ1) is 83.5. The zero-order valence-electron chi connectivity index (χ0n) is 62.5. The summed E-state index contributed by atoms with van der Waals surface area (Å²) in [6, 6.07) is 66.8. The Morgan fingerprint density at radius 3 is 0.827 bits per heavy atom. The molecule has 4 aliphatic carbocycles. The van der Waals surface area contributed by atoms with Crippen molar-refractivity contribution >= 4 is 6.41 Å². The topological polar surface area (TPSA) is 0 Å². The van der Waals surface area contributed by atoms with Crippen LogP contribution >= 0.6 is 0 Å². The number of hydrogen-bond donors (Lipinski definition) is 0. The van der Waals surface area contributed by atoms with E-state index in [1.54, 1.807) is 0 Å². The number of benzene rings is 8. The van der Waals surface area contributed by atoms with Crippen molar-refractivity contribution in [3.8, 4) is 22.3 Å². The van der Waals surface area contributed by atoms with Gasteiger partial charge in [-0.2, -0.15) is 70.8 Å². The van der Waals surface area contributed by atoms with Crippen molar-refractivity contribution < 1.29 is 73.3 Å². The molecule has 512 valence electrons. The van der Waals surface area contributed by atoms with Gasteiger partial charge in [-0.25, -0.2) is 24.3 Å². The Morgan fingerprint density at radius 2 is 0.612 bits per heavy atom. The number of rotatable bonds is 16. The van der Waals surface area contributed by atoms with Gasteiger partial charge in [0.2, 0.25) is 0 Å². The fourth-order valence-electron chi connectivity index (χ4n) is 11.9. The van der Waals surface area contributed by atoms with E-state index in [-0.39, 0.29) is 46.5 Å². The second kappa shape index (κ2) is 40.4. The molecule has 12 rings (SSSR count).